The summed E-state index contributed by atoms with van der Waals surface area (Å²) < 4.78 is 0. The summed E-state index contributed by atoms with van der Waals surface area (Å²) in [6.45, 7) is 3.13. The summed E-state index contributed by atoms with van der Waals surface area (Å²) in [5.74, 6) is 1.31. The van der Waals surface area contributed by atoms with Gasteiger partial charge in [0.1, 0.15) is 6.04 Å². The molecule has 120 valence electrons. The number of carbonyl (C=O) groups excluding carboxylic acids is 2. The lowest BCUT2D eigenvalue weighted by Crippen LogP contribution is -2.48. The predicted molar refractivity (Wildman–Crippen MR) is 91.0 cm³/mol. The topological polar surface area (TPSA) is 52.7 Å². The van der Waals surface area contributed by atoms with Crippen LogP contribution in [-0.2, 0) is 9.59 Å². The number of thioether (sulfide) groups is 1. The predicted octanol–water partition coefficient (Wildman–Crippen LogP) is 1.55. The molecule has 5 nitrogen and oxygen atoms in total. The van der Waals surface area contributed by atoms with E-state index in [1.165, 1.54) is 0 Å². The molecule has 1 saturated heterocycles. The van der Waals surface area contributed by atoms with Crippen molar-refractivity contribution in [2.45, 2.75) is 19.4 Å². The van der Waals surface area contributed by atoms with E-state index in [0.717, 1.165) is 12.2 Å². The monoisotopic (exact) mass is 321 g/mol. The molecule has 1 aromatic rings. The number of nitrogens with zero attached hydrogens (tertiary/aromatic N) is 2. The minimum atomic E-state index is -0.320. The smallest absolute Gasteiger partial charge is 0.243 e. The van der Waals surface area contributed by atoms with E-state index in [-0.39, 0.29) is 17.9 Å². The summed E-state index contributed by atoms with van der Waals surface area (Å²) in [5, 5.41) is 2.95. The van der Waals surface area contributed by atoms with Crippen LogP contribution in [0.15, 0.2) is 30.3 Å². The molecule has 1 N–H and O–H groups in total. The number of likely N-dealkylation sites (N-methyl/N-ethyl adjacent to an activating group) is 1. The highest BCUT2D eigenvalue weighted by Gasteiger charge is 2.33. The molecule has 0 aromatic heterocycles. The first-order chi connectivity index (χ1) is 10.6. The van der Waals surface area contributed by atoms with E-state index >= 15 is 0 Å². The lowest BCUT2D eigenvalue weighted by molar-refractivity contribution is -0.137. The van der Waals surface area contributed by atoms with Gasteiger partial charge in [-0.25, -0.2) is 0 Å². The van der Waals surface area contributed by atoms with E-state index in [1.807, 2.05) is 44.3 Å². The standard InChI is InChI=1S/C16H23N3O2S/c1-3-15(20)19-12-22-11-14(19)16(21)17-9-10-18(2)13-7-5-4-6-8-13/h4-8,14H,3,9-12H2,1-2H3,(H,17,21)/t14-/m0/s1. The molecule has 0 bridgehead atoms. The van der Waals surface area contributed by atoms with Gasteiger partial charge in [-0.15, -0.1) is 11.8 Å². The van der Waals surface area contributed by atoms with Gasteiger partial charge in [-0.3, -0.25) is 9.59 Å². The Morgan fingerprint density at radius 1 is 1.36 bits per heavy atom. The molecule has 1 heterocycles. The normalized spacial score (nSPS) is 17.4. The van der Waals surface area contributed by atoms with Crippen LogP contribution >= 0.6 is 11.8 Å². The third-order valence-electron chi connectivity index (χ3n) is 3.75. The molecule has 1 fully saturated rings. The summed E-state index contributed by atoms with van der Waals surface area (Å²) >= 11 is 1.63. The van der Waals surface area contributed by atoms with E-state index in [2.05, 4.69) is 10.2 Å². The molecule has 2 amide bonds. The van der Waals surface area contributed by atoms with Gasteiger partial charge in [-0.1, -0.05) is 25.1 Å². The SMILES string of the molecule is CCC(=O)N1CSC[C@H]1C(=O)NCCN(C)c1ccccc1. The van der Waals surface area contributed by atoms with Crippen molar-refractivity contribution in [1.82, 2.24) is 10.2 Å². The van der Waals surface area contributed by atoms with Crippen LogP contribution < -0.4 is 10.2 Å². The number of nitrogens with one attached hydrogen (secondary N) is 1. The lowest BCUT2D eigenvalue weighted by atomic mass is 10.2. The summed E-state index contributed by atoms with van der Waals surface area (Å²) in [6, 6.07) is 9.73. The number of hydrogen-bond donors (Lipinski definition) is 1. The van der Waals surface area contributed by atoms with Crippen molar-refractivity contribution >= 4 is 29.3 Å². The highest BCUT2D eigenvalue weighted by atomic mass is 32.2. The van der Waals surface area contributed by atoms with E-state index in [0.29, 0.717) is 24.6 Å². The Morgan fingerprint density at radius 2 is 2.09 bits per heavy atom. The van der Waals surface area contributed by atoms with Gasteiger partial charge in [-0.2, -0.15) is 0 Å². The number of carbonyl (C=O) groups is 2. The Kier molecular flexibility index (Phi) is 6.12. The van der Waals surface area contributed by atoms with Crippen LogP contribution in [0.4, 0.5) is 5.69 Å². The molecule has 6 heteroatoms. The van der Waals surface area contributed by atoms with E-state index in [1.54, 1.807) is 16.7 Å². The number of hydrogen-bond acceptors (Lipinski definition) is 4. The zero-order valence-electron chi connectivity index (χ0n) is 13.1. The quantitative estimate of drug-likeness (QED) is 0.864. The molecule has 0 spiro atoms. The molecule has 1 aliphatic rings. The highest BCUT2D eigenvalue weighted by Crippen LogP contribution is 2.21. The first-order valence-electron chi connectivity index (χ1n) is 7.54. The molecular weight excluding hydrogens is 298 g/mol. The summed E-state index contributed by atoms with van der Waals surface area (Å²) in [5.41, 5.74) is 1.12. The first kappa shape index (κ1) is 16.7. The van der Waals surface area contributed by atoms with Gasteiger partial charge >= 0.3 is 0 Å². The van der Waals surface area contributed by atoms with Gasteiger partial charge in [0.15, 0.2) is 0 Å². The first-order valence-corrected chi connectivity index (χ1v) is 8.70. The Hall–Kier alpha value is -1.69. The number of benzene rings is 1. The fourth-order valence-electron chi connectivity index (χ4n) is 2.38. The van der Waals surface area contributed by atoms with Crippen LogP contribution in [-0.4, -0.2) is 54.5 Å². The molecule has 0 saturated carbocycles. The average Bonchev–Trinajstić information content (AvgIpc) is 3.04. The van der Waals surface area contributed by atoms with Gasteiger partial charge < -0.3 is 15.1 Å². The van der Waals surface area contributed by atoms with Crippen molar-refractivity contribution in [3.8, 4) is 0 Å². The Morgan fingerprint density at radius 3 is 2.77 bits per heavy atom. The summed E-state index contributed by atoms with van der Waals surface area (Å²) in [7, 11) is 2.00. The number of amides is 2. The van der Waals surface area contributed by atoms with Crippen molar-refractivity contribution in [3.63, 3.8) is 0 Å². The second-order valence-corrected chi connectivity index (χ2v) is 6.28. The van der Waals surface area contributed by atoms with Gasteiger partial charge in [-0.05, 0) is 12.1 Å². The van der Waals surface area contributed by atoms with Crippen molar-refractivity contribution in [3.05, 3.63) is 30.3 Å². The number of anilines is 1. The van der Waals surface area contributed by atoms with E-state index in [9.17, 15) is 9.59 Å². The molecule has 22 heavy (non-hydrogen) atoms. The van der Waals surface area contributed by atoms with Gasteiger partial charge in [0.05, 0.1) is 5.88 Å². The van der Waals surface area contributed by atoms with E-state index in [4.69, 9.17) is 0 Å². The van der Waals surface area contributed by atoms with E-state index < -0.39 is 0 Å². The highest BCUT2D eigenvalue weighted by molar-refractivity contribution is 7.99. The molecule has 0 unspecified atom stereocenters. The molecule has 2 rings (SSSR count). The Labute approximate surface area is 136 Å². The van der Waals surface area contributed by atoms with Gasteiger partial charge in [0.2, 0.25) is 11.8 Å². The van der Waals surface area contributed by atoms with Crippen LogP contribution in [0.2, 0.25) is 0 Å². The maximum Gasteiger partial charge on any atom is 0.243 e. The fraction of sp³-hybridized carbons (Fsp3) is 0.500. The Bertz CT molecular complexity index is 509. The van der Waals surface area contributed by atoms with Crippen LogP contribution in [0, 0.1) is 0 Å². The zero-order valence-corrected chi connectivity index (χ0v) is 13.9. The second kappa shape index (κ2) is 8.08. The van der Waals surface area contributed by atoms with Crippen molar-refractivity contribution in [1.29, 1.82) is 0 Å². The molecule has 0 radical (unpaired) electrons. The summed E-state index contributed by atoms with van der Waals surface area (Å²) in [4.78, 5) is 27.9. The maximum atomic E-state index is 12.3. The molecule has 1 atom stereocenters. The van der Waals surface area contributed by atoms with Crippen molar-refractivity contribution in [2.75, 3.05) is 36.7 Å². The largest absolute Gasteiger partial charge is 0.373 e. The minimum Gasteiger partial charge on any atom is -0.373 e. The van der Waals surface area contributed by atoms with Crippen LogP contribution in [0.3, 0.4) is 0 Å². The average molecular weight is 321 g/mol. The number of rotatable bonds is 6. The van der Waals surface area contributed by atoms with Crippen molar-refractivity contribution < 1.29 is 9.59 Å². The lowest BCUT2D eigenvalue weighted by Gasteiger charge is -2.24. The Balaban J connectivity index is 1.79. The zero-order chi connectivity index (χ0) is 15.9. The third kappa shape index (κ3) is 4.16. The van der Waals surface area contributed by atoms with Crippen LogP contribution in [0.25, 0.3) is 0 Å². The van der Waals surface area contributed by atoms with Crippen LogP contribution in [0.5, 0.6) is 0 Å². The fourth-order valence-corrected chi connectivity index (χ4v) is 3.57. The molecular formula is C16H23N3O2S. The van der Waals surface area contributed by atoms with Crippen molar-refractivity contribution in [2.24, 2.45) is 0 Å². The van der Waals surface area contributed by atoms with Crippen LogP contribution in [0.1, 0.15) is 13.3 Å². The summed E-state index contributed by atoms with van der Waals surface area (Å²) in [6.07, 6.45) is 0.446. The maximum absolute atomic E-state index is 12.3. The molecule has 0 aliphatic carbocycles. The number of para-hydroxylation sites is 1. The van der Waals surface area contributed by atoms with Gasteiger partial charge in [0, 0.05) is 38.0 Å². The molecule has 1 aliphatic heterocycles. The third-order valence-corrected chi connectivity index (χ3v) is 4.76. The second-order valence-electron chi connectivity index (χ2n) is 5.28. The molecule has 1 aromatic carbocycles. The minimum absolute atomic E-state index is 0.0477. The van der Waals surface area contributed by atoms with Gasteiger partial charge in [0.25, 0.3) is 0 Å².